The summed E-state index contributed by atoms with van der Waals surface area (Å²) in [4.78, 5) is 16.7. The molecule has 1 N–H and O–H groups in total. The van der Waals surface area contributed by atoms with Crippen LogP contribution in [0.2, 0.25) is 5.02 Å². The minimum absolute atomic E-state index is 0.0407. The highest BCUT2D eigenvalue weighted by molar-refractivity contribution is 6.32. The van der Waals surface area contributed by atoms with E-state index in [1.807, 2.05) is 18.2 Å². The van der Waals surface area contributed by atoms with Crippen LogP contribution in [0.4, 0.5) is 5.69 Å². The minimum Gasteiger partial charge on any atom is -0.495 e. The molecule has 2 aromatic rings. The number of benzene rings is 2. The number of fused-ring (bicyclic) bond motifs is 1. The second-order valence-corrected chi connectivity index (χ2v) is 9.38. The normalized spacial score (nSPS) is 20.8. The van der Waals surface area contributed by atoms with Gasteiger partial charge in [0.1, 0.15) is 11.5 Å². The lowest BCUT2D eigenvalue weighted by molar-refractivity contribution is -0.122. The van der Waals surface area contributed by atoms with Crippen molar-refractivity contribution in [3.8, 4) is 11.5 Å². The molecule has 2 atom stereocenters. The Bertz CT molecular complexity index is 1010. The number of piperidine rings is 1. The maximum atomic E-state index is 11.6. The summed E-state index contributed by atoms with van der Waals surface area (Å²) < 4.78 is 11.2. The first kappa shape index (κ1) is 23.7. The number of amides is 1. The van der Waals surface area contributed by atoms with Crippen molar-refractivity contribution in [3.63, 3.8) is 0 Å². The number of carbonyl (C=O) groups excluding carboxylic acids is 1. The van der Waals surface area contributed by atoms with E-state index in [1.165, 1.54) is 36.1 Å². The number of likely N-dealkylation sites (N-methyl/N-ethyl adjacent to an activating group) is 1. The van der Waals surface area contributed by atoms with Crippen molar-refractivity contribution in [3.05, 3.63) is 52.0 Å². The number of piperazine rings is 1. The van der Waals surface area contributed by atoms with Crippen LogP contribution < -0.4 is 19.7 Å². The molecule has 0 radical (unpaired) electrons. The number of carbonyl (C=O) groups is 1. The maximum Gasteiger partial charge on any atom is 0.257 e. The van der Waals surface area contributed by atoms with E-state index in [0.29, 0.717) is 17.1 Å². The molecule has 178 valence electrons. The Morgan fingerprint density at radius 1 is 1.12 bits per heavy atom. The maximum absolute atomic E-state index is 11.6. The van der Waals surface area contributed by atoms with Crippen LogP contribution in [0.1, 0.15) is 42.0 Å². The van der Waals surface area contributed by atoms with E-state index in [4.69, 9.17) is 21.1 Å². The van der Waals surface area contributed by atoms with E-state index in [-0.39, 0.29) is 12.5 Å². The topological polar surface area (TPSA) is 54.0 Å². The fourth-order valence-corrected chi connectivity index (χ4v) is 5.41. The zero-order chi connectivity index (χ0) is 23.5. The molecule has 1 unspecified atom stereocenters. The summed E-state index contributed by atoms with van der Waals surface area (Å²) in [7, 11) is 3.28. The second kappa shape index (κ2) is 10.2. The number of halogens is 1. The van der Waals surface area contributed by atoms with Gasteiger partial charge in [0.05, 0.1) is 12.1 Å². The van der Waals surface area contributed by atoms with Crippen molar-refractivity contribution in [1.82, 2.24) is 10.2 Å². The number of anilines is 1. The third-order valence-electron chi connectivity index (χ3n) is 7.22. The standard InChI is InChI=1S/C26H34ClN3O3/c1-17-18(2)24(33-16-26(31)28-3)11-9-21(17)23-7-5-6-20-15-29(12-13-30(20)23)19-8-10-22(27)25(14-19)32-4/h8-11,14,20,23H,5-7,12-13,15-16H2,1-4H3,(H,28,31)/t20?,23-/m1/s1. The van der Waals surface area contributed by atoms with Gasteiger partial charge in [0, 0.05) is 50.5 Å². The first-order chi connectivity index (χ1) is 15.9. The Hall–Kier alpha value is -2.44. The third kappa shape index (κ3) is 4.92. The highest BCUT2D eigenvalue weighted by atomic mass is 35.5. The second-order valence-electron chi connectivity index (χ2n) is 8.97. The number of methoxy groups -OCH3 is 1. The van der Waals surface area contributed by atoms with E-state index < -0.39 is 0 Å². The molecular weight excluding hydrogens is 438 g/mol. The molecule has 2 saturated heterocycles. The van der Waals surface area contributed by atoms with Crippen LogP contribution in [-0.4, -0.2) is 57.2 Å². The lowest BCUT2D eigenvalue weighted by atomic mass is 9.86. The van der Waals surface area contributed by atoms with Crippen LogP contribution in [0.25, 0.3) is 0 Å². The average molecular weight is 472 g/mol. The van der Waals surface area contributed by atoms with Crippen molar-refractivity contribution in [2.75, 3.05) is 45.3 Å². The summed E-state index contributed by atoms with van der Waals surface area (Å²) in [6, 6.07) is 11.2. The fourth-order valence-electron chi connectivity index (χ4n) is 5.21. The molecule has 2 aliphatic heterocycles. The van der Waals surface area contributed by atoms with Crippen LogP contribution in [0.5, 0.6) is 11.5 Å². The SMILES string of the molecule is CNC(=O)COc1ccc([C@H]2CCCC3CN(c4ccc(Cl)c(OC)c4)CCN32)c(C)c1C. The van der Waals surface area contributed by atoms with Gasteiger partial charge < -0.3 is 19.7 Å². The number of nitrogens with one attached hydrogen (secondary N) is 1. The van der Waals surface area contributed by atoms with Crippen LogP contribution in [0, 0.1) is 13.8 Å². The Morgan fingerprint density at radius 3 is 2.70 bits per heavy atom. The lowest BCUT2D eigenvalue weighted by Gasteiger charge is -2.49. The molecule has 6 nitrogen and oxygen atoms in total. The van der Waals surface area contributed by atoms with Gasteiger partial charge in [0.2, 0.25) is 0 Å². The van der Waals surface area contributed by atoms with Crippen molar-refractivity contribution in [2.24, 2.45) is 0 Å². The van der Waals surface area contributed by atoms with Gasteiger partial charge in [0.15, 0.2) is 6.61 Å². The summed E-state index contributed by atoms with van der Waals surface area (Å²) in [6.07, 6.45) is 3.60. The van der Waals surface area contributed by atoms with Gasteiger partial charge >= 0.3 is 0 Å². The highest BCUT2D eigenvalue weighted by Crippen LogP contribution is 2.40. The number of nitrogens with zero attached hydrogens (tertiary/aromatic N) is 2. The number of hydrogen-bond donors (Lipinski definition) is 1. The molecule has 2 aromatic carbocycles. The summed E-state index contributed by atoms with van der Waals surface area (Å²) >= 11 is 6.23. The van der Waals surface area contributed by atoms with Crippen LogP contribution >= 0.6 is 11.6 Å². The highest BCUT2D eigenvalue weighted by Gasteiger charge is 2.36. The van der Waals surface area contributed by atoms with Crippen LogP contribution in [-0.2, 0) is 4.79 Å². The van der Waals surface area contributed by atoms with Gasteiger partial charge in [-0.3, -0.25) is 9.69 Å². The molecular formula is C26H34ClN3O3. The van der Waals surface area contributed by atoms with Gasteiger partial charge in [0.25, 0.3) is 5.91 Å². The molecule has 4 rings (SSSR count). The van der Waals surface area contributed by atoms with Crippen molar-refractivity contribution in [1.29, 1.82) is 0 Å². The Labute approximate surface area is 201 Å². The Morgan fingerprint density at radius 2 is 1.94 bits per heavy atom. The van der Waals surface area contributed by atoms with Gasteiger partial charge in [-0.1, -0.05) is 17.7 Å². The largest absolute Gasteiger partial charge is 0.495 e. The van der Waals surface area contributed by atoms with E-state index in [2.05, 4.69) is 41.1 Å². The van der Waals surface area contributed by atoms with Crippen molar-refractivity contribution in [2.45, 2.75) is 45.2 Å². The van der Waals surface area contributed by atoms with Gasteiger partial charge in [-0.15, -0.1) is 0 Å². The summed E-state index contributed by atoms with van der Waals surface area (Å²) in [5.74, 6) is 1.39. The van der Waals surface area contributed by atoms with E-state index in [1.54, 1.807) is 14.2 Å². The summed E-state index contributed by atoms with van der Waals surface area (Å²) in [5, 5.41) is 3.24. The summed E-state index contributed by atoms with van der Waals surface area (Å²) in [6.45, 7) is 7.31. The number of hydrogen-bond acceptors (Lipinski definition) is 5. The zero-order valence-electron chi connectivity index (χ0n) is 20.0. The summed E-state index contributed by atoms with van der Waals surface area (Å²) in [5.41, 5.74) is 4.93. The molecule has 0 aliphatic carbocycles. The monoisotopic (exact) mass is 471 g/mol. The smallest absolute Gasteiger partial charge is 0.257 e. The average Bonchev–Trinajstić information content (AvgIpc) is 2.84. The lowest BCUT2D eigenvalue weighted by Crippen LogP contribution is -2.56. The molecule has 2 aliphatic rings. The Kier molecular flexibility index (Phi) is 7.35. The van der Waals surface area contributed by atoms with Gasteiger partial charge in [-0.05, 0) is 68.0 Å². The third-order valence-corrected chi connectivity index (χ3v) is 7.53. The molecule has 0 saturated carbocycles. The number of ether oxygens (including phenoxy) is 2. The molecule has 0 bridgehead atoms. The molecule has 2 heterocycles. The predicted octanol–water partition coefficient (Wildman–Crippen LogP) is 4.51. The van der Waals surface area contributed by atoms with E-state index in [9.17, 15) is 4.79 Å². The van der Waals surface area contributed by atoms with Crippen LogP contribution in [0.3, 0.4) is 0 Å². The quantitative estimate of drug-likeness (QED) is 0.672. The van der Waals surface area contributed by atoms with Crippen LogP contribution in [0.15, 0.2) is 30.3 Å². The molecule has 33 heavy (non-hydrogen) atoms. The van der Waals surface area contributed by atoms with E-state index in [0.717, 1.165) is 36.7 Å². The van der Waals surface area contributed by atoms with Crippen molar-refractivity contribution >= 4 is 23.2 Å². The molecule has 2 fully saturated rings. The molecule has 7 heteroatoms. The van der Waals surface area contributed by atoms with E-state index >= 15 is 0 Å². The zero-order valence-corrected chi connectivity index (χ0v) is 20.7. The fraction of sp³-hybridized carbons (Fsp3) is 0.500. The first-order valence-corrected chi connectivity index (χ1v) is 12.1. The first-order valence-electron chi connectivity index (χ1n) is 11.7. The van der Waals surface area contributed by atoms with Crippen molar-refractivity contribution < 1.29 is 14.3 Å². The molecule has 0 aromatic heterocycles. The Balaban J connectivity index is 1.50. The molecule has 1 amide bonds. The predicted molar refractivity (Wildman–Crippen MR) is 133 cm³/mol. The van der Waals surface area contributed by atoms with Gasteiger partial charge in [-0.25, -0.2) is 0 Å². The van der Waals surface area contributed by atoms with Gasteiger partial charge in [-0.2, -0.15) is 0 Å². The minimum atomic E-state index is -0.123. The molecule has 0 spiro atoms. The number of rotatable bonds is 6.